The van der Waals surface area contributed by atoms with Crippen molar-refractivity contribution in [3.8, 4) is 5.69 Å². The van der Waals surface area contributed by atoms with Gasteiger partial charge in [-0.3, -0.25) is 14.5 Å². The molecule has 0 saturated heterocycles. The van der Waals surface area contributed by atoms with Crippen molar-refractivity contribution in [2.45, 2.75) is 26.3 Å². The van der Waals surface area contributed by atoms with Gasteiger partial charge in [0, 0.05) is 12.3 Å². The number of aromatic amines is 1. The van der Waals surface area contributed by atoms with Gasteiger partial charge >= 0.3 is 0 Å². The summed E-state index contributed by atoms with van der Waals surface area (Å²) in [7, 11) is 2.00. The van der Waals surface area contributed by atoms with Gasteiger partial charge in [-0.2, -0.15) is 5.10 Å². The average molecular weight is 413 g/mol. The Morgan fingerprint density at radius 2 is 2.03 bits per heavy atom. The van der Waals surface area contributed by atoms with Crippen LogP contribution in [0.3, 0.4) is 0 Å². The molecule has 0 bridgehead atoms. The van der Waals surface area contributed by atoms with Crippen LogP contribution in [0.5, 0.6) is 0 Å². The molecule has 4 aromatic rings. The van der Waals surface area contributed by atoms with E-state index in [1.807, 2.05) is 49.5 Å². The van der Waals surface area contributed by atoms with Crippen molar-refractivity contribution in [2.24, 2.45) is 4.99 Å². The lowest BCUT2D eigenvalue weighted by atomic mass is 10.1. The first-order valence-corrected chi connectivity index (χ1v) is 10.4. The Kier molecular flexibility index (Phi) is 4.78. The number of furan rings is 1. The van der Waals surface area contributed by atoms with E-state index >= 15 is 0 Å². The van der Waals surface area contributed by atoms with Crippen molar-refractivity contribution in [1.82, 2.24) is 19.7 Å². The minimum absolute atomic E-state index is 0.140. The summed E-state index contributed by atoms with van der Waals surface area (Å²) in [5, 5.41) is 8.60. The highest BCUT2D eigenvalue weighted by Crippen LogP contribution is 2.21. The molecular weight excluding hydrogens is 390 g/mol. The van der Waals surface area contributed by atoms with E-state index in [2.05, 4.69) is 28.1 Å². The molecule has 0 atom stereocenters. The van der Waals surface area contributed by atoms with Crippen molar-refractivity contribution in [3.63, 3.8) is 0 Å². The number of benzene rings is 1. The molecule has 5 rings (SSSR count). The average Bonchev–Trinajstić information content (AvgIpc) is 3.44. The van der Waals surface area contributed by atoms with Gasteiger partial charge in [0.05, 0.1) is 35.6 Å². The molecule has 1 N–H and O–H groups in total. The zero-order valence-electron chi connectivity index (χ0n) is 17.5. The van der Waals surface area contributed by atoms with Gasteiger partial charge < -0.3 is 9.32 Å². The Morgan fingerprint density at radius 1 is 1.19 bits per heavy atom. The predicted octanol–water partition coefficient (Wildman–Crippen LogP) is 2.86. The zero-order valence-corrected chi connectivity index (χ0v) is 17.5. The highest BCUT2D eigenvalue weighted by molar-refractivity contribution is 5.78. The standard InChI is InChI=1S/C24H23N5O2/c1-3-16-11-12-19-21-20(14-25-27-21)24(30)29(17-8-5-4-6-9-17)23(19)26-22(16)28(2)15-18-10-7-13-31-18/h4-10,12-14H,3,11,15H2,1-2H3,(H,25,27). The fourth-order valence-corrected chi connectivity index (χ4v) is 4.09. The second kappa shape index (κ2) is 7.75. The molecule has 0 aliphatic carbocycles. The Morgan fingerprint density at radius 3 is 2.77 bits per heavy atom. The van der Waals surface area contributed by atoms with Gasteiger partial charge in [0.1, 0.15) is 11.6 Å². The molecule has 0 amide bonds. The van der Waals surface area contributed by atoms with E-state index in [0.29, 0.717) is 17.4 Å². The lowest BCUT2D eigenvalue weighted by Crippen LogP contribution is -2.43. The first-order chi connectivity index (χ1) is 15.2. The molecule has 7 nitrogen and oxygen atoms in total. The molecule has 0 unspecified atom stereocenters. The molecule has 4 heterocycles. The third-order valence-corrected chi connectivity index (χ3v) is 5.65. The largest absolute Gasteiger partial charge is 0.467 e. The van der Waals surface area contributed by atoms with Crippen LogP contribution >= 0.6 is 0 Å². The fourth-order valence-electron chi connectivity index (χ4n) is 4.09. The van der Waals surface area contributed by atoms with Gasteiger partial charge in [0.25, 0.3) is 5.56 Å². The first kappa shape index (κ1) is 19.1. The Balaban J connectivity index is 1.81. The number of pyridine rings is 1. The van der Waals surface area contributed by atoms with Gasteiger partial charge in [0.2, 0.25) is 0 Å². The number of hydrogen-bond donors (Lipinski definition) is 1. The molecule has 31 heavy (non-hydrogen) atoms. The maximum Gasteiger partial charge on any atom is 0.267 e. The molecule has 0 saturated carbocycles. The van der Waals surface area contributed by atoms with E-state index in [-0.39, 0.29) is 5.56 Å². The van der Waals surface area contributed by atoms with E-state index in [1.165, 1.54) is 5.57 Å². The first-order valence-electron chi connectivity index (χ1n) is 10.4. The summed E-state index contributed by atoms with van der Waals surface area (Å²) in [5.41, 5.74) is 3.17. The summed E-state index contributed by atoms with van der Waals surface area (Å²) in [5.74, 6) is 1.72. The SMILES string of the molecule is CCC1=C(N(C)Cc2ccco2)N=c2c(c3[nH]ncc3c(=O)n2-c2ccccc2)=CC1. The van der Waals surface area contributed by atoms with Crippen LogP contribution in [0.2, 0.25) is 0 Å². The van der Waals surface area contributed by atoms with Crippen LogP contribution in [0, 0.1) is 0 Å². The van der Waals surface area contributed by atoms with Crippen LogP contribution in [-0.4, -0.2) is 26.7 Å². The topological polar surface area (TPSA) is 79.4 Å². The van der Waals surface area contributed by atoms with Gasteiger partial charge in [-0.05, 0) is 42.7 Å². The number of nitrogens with one attached hydrogen (secondary N) is 1. The summed E-state index contributed by atoms with van der Waals surface area (Å²) in [6, 6.07) is 13.5. The van der Waals surface area contributed by atoms with E-state index in [1.54, 1.807) is 17.0 Å². The third-order valence-electron chi connectivity index (χ3n) is 5.65. The van der Waals surface area contributed by atoms with Crippen LogP contribution in [0.4, 0.5) is 0 Å². The second-order valence-corrected chi connectivity index (χ2v) is 7.61. The number of hydrogen-bond acceptors (Lipinski definition) is 5. The molecule has 156 valence electrons. The molecular formula is C24H23N5O2. The van der Waals surface area contributed by atoms with Crippen molar-refractivity contribution >= 4 is 17.0 Å². The summed E-state index contributed by atoms with van der Waals surface area (Å²) in [6.45, 7) is 2.72. The lowest BCUT2D eigenvalue weighted by Gasteiger charge is -2.21. The number of fused-ring (bicyclic) bond motifs is 3. The number of para-hydroxylation sites is 1. The maximum absolute atomic E-state index is 13.4. The molecule has 7 heteroatoms. The van der Waals surface area contributed by atoms with Gasteiger partial charge in [0.15, 0.2) is 5.49 Å². The number of rotatable bonds is 5. The quantitative estimate of drug-likeness (QED) is 0.546. The van der Waals surface area contributed by atoms with Crippen molar-refractivity contribution in [3.05, 3.63) is 93.1 Å². The van der Waals surface area contributed by atoms with Crippen LogP contribution < -0.4 is 16.3 Å². The summed E-state index contributed by atoms with van der Waals surface area (Å²) < 4.78 is 7.23. The number of allylic oxidation sites excluding steroid dienone is 1. The fraction of sp³-hybridized carbons (Fsp3) is 0.208. The van der Waals surface area contributed by atoms with Gasteiger partial charge in [-0.15, -0.1) is 0 Å². The molecule has 1 aliphatic heterocycles. The number of aromatic nitrogens is 3. The number of H-pyrrole nitrogens is 1. The normalized spacial score (nSPS) is 13.5. The van der Waals surface area contributed by atoms with Gasteiger partial charge in [-0.1, -0.05) is 31.2 Å². The zero-order chi connectivity index (χ0) is 21.4. The monoisotopic (exact) mass is 413 g/mol. The third kappa shape index (κ3) is 3.28. The van der Waals surface area contributed by atoms with Crippen LogP contribution in [0.1, 0.15) is 25.5 Å². The molecule has 0 spiro atoms. The highest BCUT2D eigenvalue weighted by Gasteiger charge is 2.18. The summed E-state index contributed by atoms with van der Waals surface area (Å²) in [6.07, 6.45) is 7.01. The van der Waals surface area contributed by atoms with Crippen molar-refractivity contribution in [1.29, 1.82) is 0 Å². The van der Waals surface area contributed by atoms with E-state index in [9.17, 15) is 4.79 Å². The van der Waals surface area contributed by atoms with Crippen LogP contribution in [0.25, 0.3) is 22.7 Å². The van der Waals surface area contributed by atoms with E-state index in [0.717, 1.165) is 40.8 Å². The van der Waals surface area contributed by atoms with Crippen LogP contribution in [-0.2, 0) is 6.54 Å². The number of nitrogens with zero attached hydrogens (tertiary/aromatic N) is 4. The molecule has 0 fully saturated rings. The van der Waals surface area contributed by atoms with E-state index in [4.69, 9.17) is 9.41 Å². The summed E-state index contributed by atoms with van der Waals surface area (Å²) >= 11 is 0. The molecule has 0 radical (unpaired) electrons. The van der Waals surface area contributed by atoms with Crippen LogP contribution in [0.15, 0.2) is 80.5 Å². The minimum Gasteiger partial charge on any atom is -0.467 e. The Hall–Kier alpha value is -3.87. The maximum atomic E-state index is 13.4. The van der Waals surface area contributed by atoms with Gasteiger partial charge in [-0.25, -0.2) is 4.99 Å². The minimum atomic E-state index is -0.140. The second-order valence-electron chi connectivity index (χ2n) is 7.61. The lowest BCUT2D eigenvalue weighted by molar-refractivity contribution is 0.348. The summed E-state index contributed by atoms with van der Waals surface area (Å²) in [4.78, 5) is 20.6. The van der Waals surface area contributed by atoms with E-state index < -0.39 is 0 Å². The smallest absolute Gasteiger partial charge is 0.267 e. The molecule has 3 aromatic heterocycles. The van der Waals surface area contributed by atoms with Crippen molar-refractivity contribution < 1.29 is 4.42 Å². The molecule has 1 aliphatic rings. The predicted molar refractivity (Wildman–Crippen MR) is 119 cm³/mol. The Bertz CT molecular complexity index is 1440. The van der Waals surface area contributed by atoms with Crippen molar-refractivity contribution in [2.75, 3.05) is 7.05 Å². The Labute approximate surface area is 178 Å². The highest BCUT2D eigenvalue weighted by atomic mass is 16.3. The molecule has 1 aromatic carbocycles.